The Labute approximate surface area is 187 Å². The Kier molecular flexibility index (Phi) is 6.84. The van der Waals surface area contributed by atoms with E-state index in [9.17, 15) is 19.5 Å². The summed E-state index contributed by atoms with van der Waals surface area (Å²) in [4.78, 5) is 35.3. The lowest BCUT2D eigenvalue weighted by atomic mass is 9.87. The van der Waals surface area contributed by atoms with E-state index in [1.807, 2.05) is 36.4 Å². The predicted molar refractivity (Wildman–Crippen MR) is 120 cm³/mol. The van der Waals surface area contributed by atoms with Gasteiger partial charge < -0.3 is 20.5 Å². The number of carbonyl (C=O) groups excluding carboxylic acids is 2. The van der Waals surface area contributed by atoms with E-state index in [0.717, 1.165) is 22.3 Å². The monoisotopic (exact) mass is 434 g/mol. The number of ether oxygens (including phenoxy) is 1. The minimum atomic E-state index is -1.13. The third-order valence-electron chi connectivity index (χ3n) is 5.26. The van der Waals surface area contributed by atoms with Crippen LogP contribution in [0.4, 0.5) is 4.79 Å². The highest BCUT2D eigenvalue weighted by Crippen LogP contribution is 2.44. The Morgan fingerprint density at radius 2 is 1.59 bits per heavy atom. The molecular formula is C25H26N2O5. The molecule has 7 heteroatoms. The summed E-state index contributed by atoms with van der Waals surface area (Å²) in [5.74, 6) is 2.89. The van der Waals surface area contributed by atoms with Crippen LogP contribution in [0.25, 0.3) is 11.1 Å². The number of benzene rings is 2. The molecule has 166 valence electrons. The third kappa shape index (κ3) is 5.27. The van der Waals surface area contributed by atoms with Gasteiger partial charge in [-0.2, -0.15) is 0 Å². The summed E-state index contributed by atoms with van der Waals surface area (Å²) in [6.45, 7) is 5.20. The summed E-state index contributed by atoms with van der Waals surface area (Å²) >= 11 is 0. The summed E-state index contributed by atoms with van der Waals surface area (Å²) in [5, 5.41) is 14.1. The van der Waals surface area contributed by atoms with Gasteiger partial charge in [0.2, 0.25) is 0 Å². The Balaban J connectivity index is 1.51. The van der Waals surface area contributed by atoms with Crippen molar-refractivity contribution in [3.63, 3.8) is 0 Å². The van der Waals surface area contributed by atoms with Gasteiger partial charge in [-0.25, -0.2) is 9.59 Å². The minimum absolute atomic E-state index is 0.0460. The summed E-state index contributed by atoms with van der Waals surface area (Å²) < 4.78 is 5.39. The number of alkyl carbamates (subject to hydrolysis) is 1. The van der Waals surface area contributed by atoms with Crippen LogP contribution >= 0.6 is 0 Å². The average Bonchev–Trinajstić information content (AvgIpc) is 3.06. The van der Waals surface area contributed by atoms with Gasteiger partial charge in [0.05, 0.1) is 6.54 Å². The van der Waals surface area contributed by atoms with E-state index < -0.39 is 29.4 Å². The summed E-state index contributed by atoms with van der Waals surface area (Å²) in [6.07, 6.45) is -0.639. The van der Waals surface area contributed by atoms with Gasteiger partial charge in [-0.3, -0.25) is 4.79 Å². The molecule has 2 aromatic rings. The zero-order valence-corrected chi connectivity index (χ0v) is 18.3. The maximum Gasteiger partial charge on any atom is 0.407 e. The first-order chi connectivity index (χ1) is 15.2. The van der Waals surface area contributed by atoms with Crippen LogP contribution in [0.1, 0.15) is 37.8 Å². The van der Waals surface area contributed by atoms with Gasteiger partial charge in [0, 0.05) is 5.92 Å². The first-order valence-corrected chi connectivity index (χ1v) is 10.3. The van der Waals surface area contributed by atoms with E-state index in [2.05, 4.69) is 34.6 Å². The van der Waals surface area contributed by atoms with Crippen LogP contribution in [0, 0.1) is 17.3 Å². The smallest absolute Gasteiger partial charge is 0.407 e. The second kappa shape index (κ2) is 9.56. The van der Waals surface area contributed by atoms with Gasteiger partial charge in [-0.05, 0) is 33.6 Å². The number of aliphatic carboxylic acids is 1. The second-order valence-electron chi connectivity index (χ2n) is 8.59. The maximum atomic E-state index is 12.1. The molecule has 7 nitrogen and oxygen atoms in total. The molecule has 0 aromatic heterocycles. The van der Waals surface area contributed by atoms with Crippen molar-refractivity contribution in [2.45, 2.75) is 32.7 Å². The molecule has 0 spiro atoms. The predicted octanol–water partition coefficient (Wildman–Crippen LogP) is 3.14. The quantitative estimate of drug-likeness (QED) is 0.627. The maximum absolute atomic E-state index is 12.1. The number of carboxylic acid groups (broad SMARTS) is 1. The molecule has 2 aromatic carbocycles. The molecule has 1 unspecified atom stereocenters. The van der Waals surface area contributed by atoms with Crippen LogP contribution in [0.5, 0.6) is 0 Å². The van der Waals surface area contributed by atoms with Crippen molar-refractivity contribution in [2.24, 2.45) is 5.41 Å². The molecular weight excluding hydrogens is 408 g/mol. The van der Waals surface area contributed by atoms with Crippen LogP contribution in [0.2, 0.25) is 0 Å². The summed E-state index contributed by atoms with van der Waals surface area (Å²) in [5.41, 5.74) is 3.85. The lowest BCUT2D eigenvalue weighted by molar-refractivity contribution is -0.144. The highest BCUT2D eigenvalue weighted by Gasteiger charge is 2.32. The third-order valence-corrected chi connectivity index (χ3v) is 5.26. The van der Waals surface area contributed by atoms with E-state index in [1.54, 1.807) is 20.8 Å². The van der Waals surface area contributed by atoms with Gasteiger partial charge in [-0.1, -0.05) is 75.2 Å². The number of amides is 2. The molecule has 0 fully saturated rings. The van der Waals surface area contributed by atoms with E-state index in [1.165, 1.54) is 0 Å². The van der Waals surface area contributed by atoms with E-state index in [0.29, 0.717) is 0 Å². The lowest BCUT2D eigenvalue weighted by Gasteiger charge is -2.26. The molecule has 0 aliphatic heterocycles. The molecule has 0 radical (unpaired) electrons. The van der Waals surface area contributed by atoms with E-state index in [4.69, 9.17) is 4.74 Å². The highest BCUT2D eigenvalue weighted by molar-refractivity contribution is 5.96. The fraction of sp³-hybridized carbons (Fsp3) is 0.320. The Morgan fingerprint density at radius 1 is 1.03 bits per heavy atom. The molecule has 1 atom stereocenters. The molecule has 0 bridgehead atoms. The van der Waals surface area contributed by atoms with Crippen molar-refractivity contribution < 1.29 is 24.2 Å². The largest absolute Gasteiger partial charge is 0.480 e. The van der Waals surface area contributed by atoms with Crippen LogP contribution in [-0.2, 0) is 14.3 Å². The van der Waals surface area contributed by atoms with Crippen molar-refractivity contribution in [1.82, 2.24) is 10.6 Å². The number of fused-ring (bicyclic) bond motifs is 3. The molecule has 32 heavy (non-hydrogen) atoms. The average molecular weight is 434 g/mol. The van der Waals surface area contributed by atoms with Gasteiger partial charge in [0.15, 0.2) is 0 Å². The highest BCUT2D eigenvalue weighted by atomic mass is 16.5. The summed E-state index contributed by atoms with van der Waals surface area (Å²) in [6, 6.07) is 15.0. The molecule has 2 amide bonds. The van der Waals surface area contributed by atoms with Crippen LogP contribution in [-0.4, -0.2) is 42.3 Å². The van der Waals surface area contributed by atoms with Crippen molar-refractivity contribution in [1.29, 1.82) is 0 Å². The Bertz CT molecular complexity index is 1050. The number of nitrogens with one attached hydrogen (secondary N) is 2. The SMILES string of the molecule is CC(C)(C)C(NC(=O)C#CCNC(=O)OCC1c2ccccc2-c2ccccc21)C(=O)O. The van der Waals surface area contributed by atoms with Crippen molar-refractivity contribution in [3.05, 3.63) is 59.7 Å². The van der Waals surface area contributed by atoms with Crippen molar-refractivity contribution >= 4 is 18.0 Å². The number of hydrogen-bond acceptors (Lipinski definition) is 4. The Morgan fingerprint density at radius 3 is 2.12 bits per heavy atom. The molecule has 0 saturated carbocycles. The number of carboxylic acids is 1. The van der Waals surface area contributed by atoms with Gasteiger partial charge in [0.1, 0.15) is 12.6 Å². The zero-order chi connectivity index (χ0) is 23.3. The van der Waals surface area contributed by atoms with E-state index >= 15 is 0 Å². The normalized spacial score (nSPS) is 13.1. The van der Waals surface area contributed by atoms with Gasteiger partial charge >= 0.3 is 12.1 Å². The second-order valence-corrected chi connectivity index (χ2v) is 8.59. The number of rotatable bonds is 5. The van der Waals surface area contributed by atoms with Crippen LogP contribution in [0.3, 0.4) is 0 Å². The first kappa shape index (κ1) is 22.9. The van der Waals surface area contributed by atoms with Crippen LogP contribution < -0.4 is 10.6 Å². The van der Waals surface area contributed by atoms with Crippen molar-refractivity contribution in [3.8, 4) is 23.0 Å². The van der Waals surface area contributed by atoms with E-state index in [-0.39, 0.29) is 19.1 Å². The molecule has 3 N–H and O–H groups in total. The molecule has 0 heterocycles. The molecule has 0 saturated heterocycles. The summed E-state index contributed by atoms with van der Waals surface area (Å²) in [7, 11) is 0. The van der Waals surface area contributed by atoms with Crippen molar-refractivity contribution in [2.75, 3.05) is 13.2 Å². The topological polar surface area (TPSA) is 105 Å². The Hall–Kier alpha value is -3.79. The number of carbonyl (C=O) groups is 3. The molecule has 1 aliphatic carbocycles. The van der Waals surface area contributed by atoms with Crippen LogP contribution in [0.15, 0.2) is 48.5 Å². The fourth-order valence-corrected chi connectivity index (χ4v) is 3.71. The lowest BCUT2D eigenvalue weighted by Crippen LogP contribution is -2.48. The standard InChI is InChI=1S/C25H26N2O5/c1-25(2,3)22(23(29)30)27-21(28)13-8-14-26-24(31)32-15-20-18-11-6-4-9-16(18)17-10-5-7-12-19(17)20/h4-7,9-12,20,22H,14-15H2,1-3H3,(H,26,31)(H,27,28)(H,29,30). The fourth-order valence-electron chi connectivity index (χ4n) is 3.71. The number of hydrogen-bond donors (Lipinski definition) is 3. The zero-order valence-electron chi connectivity index (χ0n) is 18.3. The molecule has 3 rings (SSSR count). The van der Waals surface area contributed by atoms with Gasteiger partial charge in [0.25, 0.3) is 5.91 Å². The first-order valence-electron chi connectivity index (χ1n) is 10.3. The molecule has 1 aliphatic rings. The van der Waals surface area contributed by atoms with Gasteiger partial charge in [-0.15, -0.1) is 0 Å². The minimum Gasteiger partial charge on any atom is -0.480 e.